The third kappa shape index (κ3) is 2.52. The third-order valence-corrected chi connectivity index (χ3v) is 2.51. The molecule has 0 amide bonds. The molecule has 0 radical (unpaired) electrons. The van der Waals surface area contributed by atoms with Crippen LogP contribution in [-0.4, -0.2) is 25.8 Å². The molecule has 1 N–H and O–H groups in total. The molecule has 82 valence electrons. The molecule has 1 aromatic rings. The number of halogens is 2. The average molecular weight is 213 g/mol. The molecule has 0 bridgehead atoms. The number of hydrogen-bond acceptors (Lipinski definition) is 2. The van der Waals surface area contributed by atoms with Gasteiger partial charge in [0, 0.05) is 25.1 Å². The first kappa shape index (κ1) is 10.5. The fraction of sp³-hybridized carbons (Fsp3) is 0.455. The number of nitrogens with one attached hydrogen (secondary N) is 1. The van der Waals surface area contributed by atoms with E-state index >= 15 is 0 Å². The maximum atomic E-state index is 13.2. The van der Waals surface area contributed by atoms with Gasteiger partial charge in [-0.1, -0.05) is 6.07 Å². The molecule has 0 spiro atoms. The zero-order valence-corrected chi connectivity index (χ0v) is 8.30. The van der Waals surface area contributed by atoms with Gasteiger partial charge in [-0.3, -0.25) is 0 Å². The molecule has 0 saturated carbocycles. The van der Waals surface area contributed by atoms with Crippen molar-refractivity contribution in [2.75, 3.05) is 19.7 Å². The zero-order chi connectivity index (χ0) is 10.7. The molecule has 2 nitrogen and oxygen atoms in total. The third-order valence-electron chi connectivity index (χ3n) is 2.51. The molecule has 0 atom stereocenters. The van der Waals surface area contributed by atoms with E-state index in [0.717, 1.165) is 13.1 Å². The summed E-state index contributed by atoms with van der Waals surface area (Å²) in [5.74, 6) is -0.990. The van der Waals surface area contributed by atoms with Crippen LogP contribution in [0.3, 0.4) is 0 Å². The van der Waals surface area contributed by atoms with Gasteiger partial charge in [0.1, 0.15) is 11.6 Å². The van der Waals surface area contributed by atoms with Crippen LogP contribution in [0.4, 0.5) is 8.78 Å². The molecule has 1 fully saturated rings. The van der Waals surface area contributed by atoms with Crippen molar-refractivity contribution in [3.8, 4) is 0 Å². The van der Waals surface area contributed by atoms with Crippen molar-refractivity contribution in [1.82, 2.24) is 5.32 Å². The van der Waals surface area contributed by atoms with Gasteiger partial charge in [0.25, 0.3) is 0 Å². The van der Waals surface area contributed by atoms with Crippen LogP contribution in [0.25, 0.3) is 0 Å². The molecule has 1 aromatic carbocycles. The van der Waals surface area contributed by atoms with Crippen molar-refractivity contribution in [1.29, 1.82) is 0 Å². The van der Waals surface area contributed by atoms with Crippen LogP contribution in [0.2, 0.25) is 0 Å². The van der Waals surface area contributed by atoms with Crippen LogP contribution in [0.15, 0.2) is 18.2 Å². The highest BCUT2D eigenvalue weighted by Crippen LogP contribution is 2.13. The first-order valence-corrected chi connectivity index (χ1v) is 5.02. The minimum absolute atomic E-state index is 0.116. The van der Waals surface area contributed by atoms with E-state index in [9.17, 15) is 8.78 Å². The smallest absolute Gasteiger partial charge is 0.129 e. The Hall–Kier alpha value is -1.00. The Morgan fingerprint density at radius 3 is 2.47 bits per heavy atom. The van der Waals surface area contributed by atoms with Crippen LogP contribution in [0, 0.1) is 11.6 Å². The summed E-state index contributed by atoms with van der Waals surface area (Å²) in [5, 5.41) is 3.06. The minimum Gasteiger partial charge on any atom is -0.375 e. The number of benzene rings is 1. The van der Waals surface area contributed by atoms with Crippen molar-refractivity contribution in [2.24, 2.45) is 0 Å². The highest BCUT2D eigenvalue weighted by atomic mass is 19.1. The van der Waals surface area contributed by atoms with Crippen LogP contribution >= 0.6 is 0 Å². The predicted molar refractivity (Wildman–Crippen MR) is 52.7 cm³/mol. The van der Waals surface area contributed by atoms with Gasteiger partial charge >= 0.3 is 0 Å². The molecule has 2 rings (SSSR count). The number of rotatable bonds is 4. The van der Waals surface area contributed by atoms with Crippen LogP contribution < -0.4 is 5.32 Å². The van der Waals surface area contributed by atoms with Gasteiger partial charge in [-0.15, -0.1) is 0 Å². The lowest BCUT2D eigenvalue weighted by atomic mass is 10.1. The summed E-state index contributed by atoms with van der Waals surface area (Å²) in [5.41, 5.74) is 0.116. The van der Waals surface area contributed by atoms with Gasteiger partial charge in [-0.25, -0.2) is 8.78 Å². The van der Waals surface area contributed by atoms with Gasteiger partial charge in [-0.2, -0.15) is 0 Å². The fourth-order valence-corrected chi connectivity index (χ4v) is 1.48. The van der Waals surface area contributed by atoms with Crippen molar-refractivity contribution in [2.45, 2.75) is 12.5 Å². The summed E-state index contributed by atoms with van der Waals surface area (Å²) in [6.07, 6.45) is 0.495. The van der Waals surface area contributed by atoms with Gasteiger partial charge < -0.3 is 10.1 Å². The molecule has 1 saturated heterocycles. The quantitative estimate of drug-likeness (QED) is 0.818. The van der Waals surface area contributed by atoms with Crippen LogP contribution in [0.5, 0.6) is 0 Å². The Morgan fingerprint density at radius 2 is 1.93 bits per heavy atom. The van der Waals surface area contributed by atoms with Crippen LogP contribution in [0.1, 0.15) is 5.56 Å². The highest BCUT2D eigenvalue weighted by molar-refractivity contribution is 5.19. The number of hydrogen-bond donors (Lipinski definition) is 1. The molecular weight excluding hydrogens is 200 g/mol. The van der Waals surface area contributed by atoms with Crippen molar-refractivity contribution in [3.05, 3.63) is 35.4 Å². The van der Waals surface area contributed by atoms with E-state index in [-0.39, 0.29) is 18.1 Å². The van der Waals surface area contributed by atoms with Gasteiger partial charge in [0.05, 0.1) is 12.7 Å². The minimum atomic E-state index is -0.495. The SMILES string of the molecule is Fc1cccc(F)c1CCOC1CNC1. The van der Waals surface area contributed by atoms with E-state index in [0.29, 0.717) is 6.61 Å². The standard InChI is InChI=1S/C11H13F2NO/c12-10-2-1-3-11(13)9(10)4-5-15-8-6-14-7-8/h1-3,8,14H,4-7H2. The van der Waals surface area contributed by atoms with Gasteiger partial charge in [0.15, 0.2) is 0 Å². The predicted octanol–water partition coefficient (Wildman–Crippen LogP) is 1.50. The van der Waals surface area contributed by atoms with Gasteiger partial charge in [0.2, 0.25) is 0 Å². The van der Waals surface area contributed by atoms with Crippen molar-refractivity contribution < 1.29 is 13.5 Å². The lowest BCUT2D eigenvalue weighted by Crippen LogP contribution is -2.48. The second-order valence-electron chi connectivity index (χ2n) is 3.60. The second-order valence-corrected chi connectivity index (χ2v) is 3.60. The lowest BCUT2D eigenvalue weighted by molar-refractivity contribution is 0.0202. The summed E-state index contributed by atoms with van der Waals surface area (Å²) < 4.78 is 31.7. The molecule has 0 aromatic heterocycles. The Bertz CT molecular complexity index is 319. The lowest BCUT2D eigenvalue weighted by Gasteiger charge is -2.27. The molecule has 1 heterocycles. The molecule has 15 heavy (non-hydrogen) atoms. The Labute approximate surface area is 87.2 Å². The van der Waals surface area contributed by atoms with Crippen LogP contribution in [-0.2, 0) is 11.2 Å². The van der Waals surface area contributed by atoms with E-state index in [1.165, 1.54) is 18.2 Å². The summed E-state index contributed by atoms with van der Waals surface area (Å²) >= 11 is 0. The summed E-state index contributed by atoms with van der Waals surface area (Å²) in [7, 11) is 0. The summed E-state index contributed by atoms with van der Waals surface area (Å²) in [6.45, 7) is 2.03. The molecule has 0 unspecified atom stereocenters. The van der Waals surface area contributed by atoms with E-state index in [4.69, 9.17) is 4.74 Å². The Kier molecular flexibility index (Phi) is 3.28. The summed E-state index contributed by atoms with van der Waals surface area (Å²) in [4.78, 5) is 0. The van der Waals surface area contributed by atoms with E-state index in [1.54, 1.807) is 0 Å². The van der Waals surface area contributed by atoms with Crippen molar-refractivity contribution in [3.63, 3.8) is 0 Å². The monoisotopic (exact) mass is 213 g/mol. The molecule has 1 aliphatic rings. The first-order chi connectivity index (χ1) is 7.27. The van der Waals surface area contributed by atoms with E-state index < -0.39 is 11.6 Å². The highest BCUT2D eigenvalue weighted by Gasteiger charge is 2.17. The maximum Gasteiger partial charge on any atom is 0.129 e. The maximum absolute atomic E-state index is 13.2. The fourth-order valence-electron chi connectivity index (χ4n) is 1.48. The van der Waals surface area contributed by atoms with E-state index in [1.807, 2.05) is 0 Å². The molecule has 0 aliphatic carbocycles. The molecular formula is C11H13F2NO. The molecule has 1 aliphatic heterocycles. The van der Waals surface area contributed by atoms with Crippen molar-refractivity contribution >= 4 is 0 Å². The Balaban J connectivity index is 1.86. The molecule has 4 heteroatoms. The number of ether oxygens (including phenoxy) is 1. The Morgan fingerprint density at radius 1 is 1.27 bits per heavy atom. The largest absolute Gasteiger partial charge is 0.375 e. The second kappa shape index (κ2) is 4.68. The van der Waals surface area contributed by atoms with Gasteiger partial charge in [-0.05, 0) is 12.1 Å². The normalized spacial score (nSPS) is 16.4. The van der Waals surface area contributed by atoms with E-state index in [2.05, 4.69) is 5.32 Å². The topological polar surface area (TPSA) is 21.3 Å². The average Bonchev–Trinajstić information content (AvgIpc) is 2.13. The zero-order valence-electron chi connectivity index (χ0n) is 8.30. The first-order valence-electron chi connectivity index (χ1n) is 5.02. The summed E-state index contributed by atoms with van der Waals surface area (Å²) in [6, 6.07) is 3.90.